The average molecular weight is 404 g/mol. The van der Waals surface area contributed by atoms with E-state index in [9.17, 15) is 24.1 Å². The second-order valence-electron chi connectivity index (χ2n) is 7.84. The summed E-state index contributed by atoms with van der Waals surface area (Å²) in [4.78, 5) is 36.1. The molecular formula is C19H21FN4O5. The van der Waals surface area contributed by atoms with E-state index in [1.54, 1.807) is 20.8 Å². The lowest BCUT2D eigenvalue weighted by molar-refractivity contribution is -0.387. The van der Waals surface area contributed by atoms with Crippen LogP contribution in [0.1, 0.15) is 44.2 Å². The maximum absolute atomic E-state index is 14.6. The molecule has 1 aromatic heterocycles. The molecule has 2 heterocycles. The molecule has 0 N–H and O–H groups in total. The summed E-state index contributed by atoms with van der Waals surface area (Å²) >= 11 is 0. The molecule has 1 saturated heterocycles. The summed E-state index contributed by atoms with van der Waals surface area (Å²) in [7, 11) is 0. The molecule has 0 radical (unpaired) electrons. The van der Waals surface area contributed by atoms with Crippen LogP contribution < -0.4 is 0 Å². The zero-order chi connectivity index (χ0) is 21.5. The maximum atomic E-state index is 14.6. The molecule has 2 aromatic rings. The largest absolute Gasteiger partial charge is 0.444 e. The number of hydrogen-bond acceptors (Lipinski definition) is 6. The van der Waals surface area contributed by atoms with Crippen molar-refractivity contribution >= 4 is 17.6 Å². The molecule has 0 unspecified atom stereocenters. The highest BCUT2D eigenvalue weighted by Gasteiger charge is 2.37. The fraction of sp³-hybridized carbons (Fsp3) is 0.421. The summed E-state index contributed by atoms with van der Waals surface area (Å²) in [6.45, 7) is 7.19. The van der Waals surface area contributed by atoms with E-state index < -0.39 is 28.1 Å². The summed E-state index contributed by atoms with van der Waals surface area (Å²) in [6.07, 6.45) is 0.852. The molecule has 0 saturated carbocycles. The van der Waals surface area contributed by atoms with E-state index >= 15 is 0 Å². The van der Waals surface area contributed by atoms with Crippen LogP contribution >= 0.6 is 0 Å². The summed E-state index contributed by atoms with van der Waals surface area (Å²) in [5, 5.41) is 15.2. The van der Waals surface area contributed by atoms with Crippen molar-refractivity contribution in [3.05, 3.63) is 46.0 Å². The van der Waals surface area contributed by atoms with E-state index in [4.69, 9.17) is 4.74 Å². The lowest BCUT2D eigenvalue weighted by Crippen LogP contribution is -2.52. The predicted molar refractivity (Wildman–Crippen MR) is 101 cm³/mol. The molecule has 0 spiro atoms. The number of carbonyl (C=O) groups is 2. The van der Waals surface area contributed by atoms with Gasteiger partial charge in [-0.25, -0.2) is 4.79 Å². The van der Waals surface area contributed by atoms with Crippen molar-refractivity contribution in [3.63, 3.8) is 0 Å². The van der Waals surface area contributed by atoms with Crippen LogP contribution in [0.5, 0.6) is 0 Å². The number of likely N-dealkylation sites (tertiary alicyclic amines) is 1. The molecule has 29 heavy (non-hydrogen) atoms. The number of ether oxygens (including phenoxy) is 1. The Hall–Kier alpha value is -3.30. The van der Waals surface area contributed by atoms with Crippen molar-refractivity contribution in [2.45, 2.75) is 39.3 Å². The molecule has 0 bridgehead atoms. The van der Waals surface area contributed by atoms with Gasteiger partial charge in [-0.05, 0) is 20.8 Å². The fourth-order valence-corrected chi connectivity index (χ4v) is 3.14. The quantitative estimate of drug-likeness (QED) is 0.438. The molecule has 10 heteroatoms. The van der Waals surface area contributed by atoms with Gasteiger partial charge in [-0.15, -0.1) is 0 Å². The molecule has 9 nitrogen and oxygen atoms in total. The number of nitro benzene ring substituents is 1. The van der Waals surface area contributed by atoms with E-state index in [2.05, 4.69) is 5.10 Å². The third-order valence-electron chi connectivity index (χ3n) is 4.45. The maximum Gasteiger partial charge on any atom is 0.410 e. The number of Topliss-reactive ketones (excluding diaryl/α,β-unsaturated/α-hetero) is 1. The molecule has 154 valence electrons. The molecule has 1 amide bonds. The minimum absolute atomic E-state index is 0.0704. The van der Waals surface area contributed by atoms with Crippen LogP contribution in [0.2, 0.25) is 0 Å². The normalized spacial score (nSPS) is 14.4. The Morgan fingerprint density at radius 2 is 1.93 bits per heavy atom. The number of rotatable bonds is 4. The van der Waals surface area contributed by atoms with E-state index in [1.807, 2.05) is 0 Å². The summed E-state index contributed by atoms with van der Waals surface area (Å²) < 4.78 is 21.4. The first-order valence-electron chi connectivity index (χ1n) is 8.99. The smallest absolute Gasteiger partial charge is 0.410 e. The minimum atomic E-state index is -1.02. The number of hydrogen-bond donors (Lipinski definition) is 0. The second kappa shape index (κ2) is 7.26. The van der Waals surface area contributed by atoms with Gasteiger partial charge >= 0.3 is 11.8 Å². The van der Waals surface area contributed by atoms with Crippen LogP contribution in [0.4, 0.5) is 14.9 Å². The summed E-state index contributed by atoms with van der Waals surface area (Å²) in [5.74, 6) is -1.39. The standard InChI is InChI=1S/C19H21FN4O5/c1-11(25)17-14(13-6-5-7-15(16(13)20)24(27)28)8-21-23(17)12-9-22(10-12)18(26)29-19(2,3)4/h5-8,12H,9-10H2,1-4H3. The fourth-order valence-electron chi connectivity index (χ4n) is 3.14. The van der Waals surface area contributed by atoms with Gasteiger partial charge < -0.3 is 9.64 Å². The number of halogens is 1. The monoisotopic (exact) mass is 404 g/mol. The summed E-state index contributed by atoms with van der Waals surface area (Å²) in [5.41, 5.74) is -1.05. The van der Waals surface area contributed by atoms with E-state index in [0.717, 1.165) is 6.07 Å². The van der Waals surface area contributed by atoms with Crippen molar-refractivity contribution in [3.8, 4) is 11.1 Å². The molecule has 0 aliphatic carbocycles. The molecule has 1 aromatic carbocycles. The first-order valence-corrected chi connectivity index (χ1v) is 8.99. The van der Waals surface area contributed by atoms with Crippen molar-refractivity contribution < 1.29 is 23.6 Å². The van der Waals surface area contributed by atoms with Crippen LogP contribution in [0, 0.1) is 15.9 Å². The van der Waals surface area contributed by atoms with E-state index in [0.29, 0.717) is 0 Å². The lowest BCUT2D eigenvalue weighted by atomic mass is 10.0. The van der Waals surface area contributed by atoms with Gasteiger partial charge in [-0.3, -0.25) is 19.6 Å². The second-order valence-corrected chi connectivity index (χ2v) is 7.84. The van der Waals surface area contributed by atoms with Crippen molar-refractivity contribution in [1.82, 2.24) is 14.7 Å². The van der Waals surface area contributed by atoms with Crippen LogP contribution in [0.3, 0.4) is 0 Å². The number of benzene rings is 1. The third kappa shape index (κ3) is 3.96. The molecule has 3 rings (SSSR count). The first-order chi connectivity index (χ1) is 13.5. The van der Waals surface area contributed by atoms with Crippen LogP contribution in [0.25, 0.3) is 11.1 Å². The first kappa shape index (κ1) is 20.4. The molecule has 1 fully saturated rings. The van der Waals surface area contributed by atoms with Gasteiger partial charge in [0.25, 0.3) is 0 Å². The highest BCUT2D eigenvalue weighted by atomic mass is 19.1. The molecule has 1 aliphatic rings. The molecular weight excluding hydrogens is 383 g/mol. The van der Waals surface area contributed by atoms with Crippen molar-refractivity contribution in [1.29, 1.82) is 0 Å². The Labute approximate surface area is 166 Å². The third-order valence-corrected chi connectivity index (χ3v) is 4.45. The Morgan fingerprint density at radius 3 is 2.48 bits per heavy atom. The number of nitro groups is 1. The van der Waals surface area contributed by atoms with Crippen molar-refractivity contribution in [2.75, 3.05) is 13.1 Å². The van der Waals surface area contributed by atoms with Crippen LogP contribution in [-0.2, 0) is 4.74 Å². The minimum Gasteiger partial charge on any atom is -0.444 e. The zero-order valence-corrected chi connectivity index (χ0v) is 16.5. The van der Waals surface area contributed by atoms with E-state index in [1.165, 1.54) is 34.8 Å². The Balaban J connectivity index is 1.89. The van der Waals surface area contributed by atoms with Gasteiger partial charge in [0.15, 0.2) is 5.78 Å². The zero-order valence-electron chi connectivity index (χ0n) is 16.5. The number of ketones is 1. The molecule has 1 aliphatic heterocycles. The SMILES string of the molecule is CC(=O)c1c(-c2cccc([N+](=O)[O-])c2F)cnn1C1CN(C(=O)OC(C)(C)C)C1. The van der Waals surface area contributed by atoms with Crippen LogP contribution in [-0.4, -0.2) is 50.2 Å². The molecule has 0 atom stereocenters. The topological polar surface area (TPSA) is 108 Å². The lowest BCUT2D eigenvalue weighted by Gasteiger charge is -2.40. The highest BCUT2D eigenvalue weighted by molar-refractivity contribution is 5.99. The van der Waals surface area contributed by atoms with E-state index in [-0.39, 0.29) is 41.7 Å². The number of amides is 1. The summed E-state index contributed by atoms with van der Waals surface area (Å²) in [6, 6.07) is 3.49. The number of nitrogens with zero attached hydrogens (tertiary/aromatic N) is 4. The van der Waals surface area contributed by atoms with Gasteiger partial charge in [0.1, 0.15) is 11.3 Å². The number of carbonyl (C=O) groups excluding carboxylic acids is 2. The van der Waals surface area contributed by atoms with Gasteiger partial charge in [0.2, 0.25) is 5.82 Å². The highest BCUT2D eigenvalue weighted by Crippen LogP contribution is 2.34. The van der Waals surface area contributed by atoms with Crippen LogP contribution in [0.15, 0.2) is 24.4 Å². The van der Waals surface area contributed by atoms with Gasteiger partial charge in [0, 0.05) is 37.2 Å². The van der Waals surface area contributed by atoms with Crippen molar-refractivity contribution in [2.24, 2.45) is 0 Å². The van der Waals surface area contributed by atoms with Gasteiger partial charge in [0.05, 0.1) is 17.2 Å². The Bertz CT molecular complexity index is 989. The van der Waals surface area contributed by atoms with Gasteiger partial charge in [-0.1, -0.05) is 12.1 Å². The number of aromatic nitrogens is 2. The van der Waals surface area contributed by atoms with Gasteiger partial charge in [-0.2, -0.15) is 9.49 Å². The predicted octanol–water partition coefficient (Wildman–Crippen LogP) is 3.59. The average Bonchev–Trinajstić information content (AvgIpc) is 2.96. The Kier molecular flexibility index (Phi) is 5.12. The Morgan fingerprint density at radius 1 is 1.28 bits per heavy atom.